The van der Waals surface area contributed by atoms with Crippen LogP contribution in [-0.4, -0.2) is 42.0 Å². The minimum Gasteiger partial charge on any atom is -0.353 e. The quantitative estimate of drug-likeness (QED) is 0.823. The van der Waals surface area contributed by atoms with Crippen LogP contribution in [0, 0.1) is 0 Å². The van der Waals surface area contributed by atoms with Crippen LogP contribution in [0.25, 0.3) is 0 Å². The molecule has 0 saturated carbocycles. The van der Waals surface area contributed by atoms with Crippen molar-refractivity contribution in [3.8, 4) is 0 Å². The lowest BCUT2D eigenvalue weighted by molar-refractivity contribution is -0.125. The van der Waals surface area contributed by atoms with Crippen LogP contribution in [0.1, 0.15) is 18.9 Å². The van der Waals surface area contributed by atoms with Gasteiger partial charge in [-0.1, -0.05) is 30.3 Å². The molecule has 2 saturated heterocycles. The van der Waals surface area contributed by atoms with Crippen molar-refractivity contribution in [2.45, 2.75) is 31.5 Å². The Hall–Kier alpha value is -1.39. The van der Waals surface area contributed by atoms with Gasteiger partial charge in [0.2, 0.25) is 5.91 Å². The Labute approximate surface area is 114 Å². The van der Waals surface area contributed by atoms with Crippen LogP contribution in [0.5, 0.6) is 0 Å². The van der Waals surface area contributed by atoms with Gasteiger partial charge in [0, 0.05) is 26.2 Å². The number of rotatable bonds is 2. The average molecular weight is 259 g/mol. The third-order valence-electron chi connectivity index (χ3n) is 4.20. The van der Waals surface area contributed by atoms with E-state index in [-0.39, 0.29) is 17.5 Å². The number of nitrogens with one attached hydrogen (secondary N) is 2. The third-order valence-corrected chi connectivity index (χ3v) is 4.20. The number of amides is 1. The summed E-state index contributed by atoms with van der Waals surface area (Å²) >= 11 is 0. The van der Waals surface area contributed by atoms with Gasteiger partial charge in [0.15, 0.2) is 0 Å². The highest BCUT2D eigenvalue weighted by molar-refractivity contribution is 5.82. The molecule has 1 amide bonds. The molecule has 0 bridgehead atoms. The predicted octanol–water partition coefficient (Wildman–Crippen LogP) is 0.739. The van der Waals surface area contributed by atoms with Crippen LogP contribution in [0.15, 0.2) is 30.3 Å². The molecule has 2 atom stereocenters. The maximum Gasteiger partial charge on any atom is 0.236 e. The Morgan fingerprint density at radius 1 is 1.37 bits per heavy atom. The first-order valence-electron chi connectivity index (χ1n) is 6.99. The van der Waals surface area contributed by atoms with Crippen molar-refractivity contribution >= 4 is 5.91 Å². The van der Waals surface area contributed by atoms with Gasteiger partial charge < -0.3 is 5.32 Å². The third kappa shape index (κ3) is 2.65. The zero-order valence-electron chi connectivity index (χ0n) is 11.4. The molecule has 102 valence electrons. The van der Waals surface area contributed by atoms with Crippen molar-refractivity contribution in [2.75, 3.05) is 19.6 Å². The van der Waals surface area contributed by atoms with Crippen LogP contribution in [0.2, 0.25) is 0 Å². The molecule has 2 aliphatic rings. The molecule has 3 rings (SSSR count). The molecule has 4 nitrogen and oxygen atoms in total. The van der Waals surface area contributed by atoms with Crippen molar-refractivity contribution < 1.29 is 4.79 Å². The standard InChI is InChI=1S/C15H21N3O/c1-12-14(19)16-10-15(17-12)7-8-18(11-15)9-13-5-3-2-4-6-13/h2-6,12,17H,7-11H2,1H3,(H,16,19). The summed E-state index contributed by atoms with van der Waals surface area (Å²) in [7, 11) is 0. The van der Waals surface area contributed by atoms with E-state index in [2.05, 4.69) is 45.9 Å². The molecular formula is C15H21N3O. The van der Waals surface area contributed by atoms with Gasteiger partial charge in [-0.05, 0) is 18.9 Å². The van der Waals surface area contributed by atoms with Crippen molar-refractivity contribution in [2.24, 2.45) is 0 Å². The molecule has 0 aliphatic carbocycles. The van der Waals surface area contributed by atoms with Crippen LogP contribution >= 0.6 is 0 Å². The number of carbonyl (C=O) groups is 1. The molecule has 19 heavy (non-hydrogen) atoms. The largest absolute Gasteiger partial charge is 0.353 e. The number of likely N-dealkylation sites (tertiary alicyclic amines) is 1. The lowest BCUT2D eigenvalue weighted by atomic mass is 9.94. The second-order valence-corrected chi connectivity index (χ2v) is 5.81. The number of benzene rings is 1. The molecule has 2 fully saturated rings. The van der Waals surface area contributed by atoms with E-state index in [1.165, 1.54) is 5.56 Å². The van der Waals surface area contributed by atoms with Crippen LogP contribution in [-0.2, 0) is 11.3 Å². The van der Waals surface area contributed by atoms with Gasteiger partial charge in [0.05, 0.1) is 11.6 Å². The van der Waals surface area contributed by atoms with Crippen LogP contribution in [0.4, 0.5) is 0 Å². The molecule has 1 aromatic carbocycles. The van der Waals surface area contributed by atoms with Gasteiger partial charge in [0.1, 0.15) is 0 Å². The lowest BCUT2D eigenvalue weighted by Crippen LogP contribution is -2.66. The second-order valence-electron chi connectivity index (χ2n) is 5.81. The Morgan fingerprint density at radius 3 is 2.89 bits per heavy atom. The summed E-state index contributed by atoms with van der Waals surface area (Å²) in [6.07, 6.45) is 1.10. The average Bonchev–Trinajstić information content (AvgIpc) is 2.79. The Balaban J connectivity index is 1.62. The summed E-state index contributed by atoms with van der Waals surface area (Å²) in [5.41, 5.74) is 1.43. The number of carbonyl (C=O) groups excluding carboxylic acids is 1. The first-order chi connectivity index (χ1) is 9.17. The predicted molar refractivity (Wildman–Crippen MR) is 74.7 cm³/mol. The Morgan fingerprint density at radius 2 is 2.16 bits per heavy atom. The second kappa shape index (κ2) is 4.94. The van der Waals surface area contributed by atoms with Gasteiger partial charge in [-0.3, -0.25) is 15.0 Å². The normalized spacial score (nSPS) is 31.6. The molecule has 0 radical (unpaired) electrons. The lowest BCUT2D eigenvalue weighted by Gasteiger charge is -2.38. The Bertz CT molecular complexity index is 462. The highest BCUT2D eigenvalue weighted by atomic mass is 16.2. The fraction of sp³-hybridized carbons (Fsp3) is 0.533. The molecule has 4 heteroatoms. The highest BCUT2D eigenvalue weighted by Crippen LogP contribution is 2.25. The molecule has 2 aliphatic heterocycles. The SMILES string of the molecule is CC1NC2(CCN(Cc3ccccc3)C2)CNC1=O. The van der Waals surface area contributed by atoms with Crippen LogP contribution < -0.4 is 10.6 Å². The van der Waals surface area contributed by atoms with E-state index in [4.69, 9.17) is 0 Å². The molecule has 2 N–H and O–H groups in total. The number of nitrogens with zero attached hydrogens (tertiary/aromatic N) is 1. The first kappa shape index (κ1) is 12.6. The maximum atomic E-state index is 11.5. The van der Waals surface area contributed by atoms with Gasteiger partial charge in [-0.2, -0.15) is 0 Å². The topological polar surface area (TPSA) is 44.4 Å². The van der Waals surface area contributed by atoms with Gasteiger partial charge in [-0.25, -0.2) is 0 Å². The van der Waals surface area contributed by atoms with E-state index in [9.17, 15) is 4.79 Å². The van der Waals surface area contributed by atoms with Crippen molar-refractivity contribution in [3.63, 3.8) is 0 Å². The van der Waals surface area contributed by atoms with E-state index < -0.39 is 0 Å². The van der Waals surface area contributed by atoms with Crippen LogP contribution in [0.3, 0.4) is 0 Å². The van der Waals surface area contributed by atoms with E-state index in [1.807, 2.05) is 6.92 Å². The van der Waals surface area contributed by atoms with Gasteiger partial charge in [0.25, 0.3) is 0 Å². The van der Waals surface area contributed by atoms with Crippen molar-refractivity contribution in [1.29, 1.82) is 0 Å². The molecule has 1 spiro atoms. The number of hydrogen-bond acceptors (Lipinski definition) is 3. The highest BCUT2D eigenvalue weighted by Gasteiger charge is 2.42. The summed E-state index contributed by atoms with van der Waals surface area (Å²) < 4.78 is 0. The number of piperazine rings is 1. The molecule has 2 heterocycles. The van der Waals surface area contributed by atoms with Crippen molar-refractivity contribution in [1.82, 2.24) is 15.5 Å². The summed E-state index contributed by atoms with van der Waals surface area (Å²) in [5, 5.41) is 6.52. The smallest absolute Gasteiger partial charge is 0.236 e. The molecular weight excluding hydrogens is 238 g/mol. The van der Waals surface area contributed by atoms with E-state index >= 15 is 0 Å². The molecule has 2 unspecified atom stereocenters. The van der Waals surface area contributed by atoms with Gasteiger partial charge in [-0.15, -0.1) is 0 Å². The first-order valence-corrected chi connectivity index (χ1v) is 6.99. The molecule has 1 aromatic rings. The number of hydrogen-bond donors (Lipinski definition) is 2. The summed E-state index contributed by atoms with van der Waals surface area (Å²) in [6.45, 7) is 5.78. The zero-order valence-corrected chi connectivity index (χ0v) is 11.4. The fourth-order valence-electron chi connectivity index (χ4n) is 3.18. The van der Waals surface area contributed by atoms with Crippen molar-refractivity contribution in [3.05, 3.63) is 35.9 Å². The molecule has 0 aromatic heterocycles. The minimum atomic E-state index is -0.0783. The fourth-order valence-corrected chi connectivity index (χ4v) is 3.18. The minimum absolute atomic E-state index is 0.0715. The van der Waals surface area contributed by atoms with E-state index in [0.717, 1.165) is 32.6 Å². The summed E-state index contributed by atoms with van der Waals surface area (Å²) in [6, 6.07) is 10.5. The maximum absolute atomic E-state index is 11.5. The zero-order chi connectivity index (χ0) is 13.3. The van der Waals surface area contributed by atoms with E-state index in [0.29, 0.717) is 0 Å². The Kier molecular flexibility index (Phi) is 3.29. The van der Waals surface area contributed by atoms with E-state index in [1.54, 1.807) is 0 Å². The van der Waals surface area contributed by atoms with Gasteiger partial charge >= 0.3 is 0 Å². The monoisotopic (exact) mass is 259 g/mol. The summed E-state index contributed by atoms with van der Waals surface area (Å²) in [4.78, 5) is 14.0. The summed E-state index contributed by atoms with van der Waals surface area (Å²) in [5.74, 6) is 0.118.